The highest BCUT2D eigenvalue weighted by molar-refractivity contribution is 6.00. The Morgan fingerprint density at radius 2 is 2.14 bits per heavy atom. The number of hydrogen-bond donors (Lipinski definition) is 3. The minimum atomic E-state index is -0.776. The Morgan fingerprint density at radius 3 is 2.57 bits per heavy atom. The summed E-state index contributed by atoms with van der Waals surface area (Å²) in [6.07, 6.45) is 0. The fraction of sp³-hybridized carbons (Fsp3) is 0. The number of hydrazine groups is 1. The summed E-state index contributed by atoms with van der Waals surface area (Å²) >= 11 is 0. The Bertz CT molecular complexity index is 358. The Morgan fingerprint density at radius 1 is 1.50 bits per heavy atom. The van der Waals surface area contributed by atoms with E-state index in [1.54, 1.807) is 0 Å². The molecule has 0 atom stereocenters. The first kappa shape index (κ1) is 9.93. The maximum Gasteiger partial charge on any atom is 0.294 e. The number of para-hydroxylation sites is 1. The Balaban J connectivity index is 3.39. The third kappa shape index (κ3) is 1.62. The third-order valence-corrected chi connectivity index (χ3v) is 1.65. The van der Waals surface area contributed by atoms with Crippen molar-refractivity contribution in [3.05, 3.63) is 33.9 Å². The lowest BCUT2D eigenvalue weighted by molar-refractivity contribution is -0.384. The van der Waals surface area contributed by atoms with Gasteiger partial charge in [0.2, 0.25) is 0 Å². The normalized spacial score (nSPS) is 9.50. The predicted octanol–water partition coefficient (Wildman–Crippen LogP) is -0.0207. The van der Waals surface area contributed by atoms with Crippen LogP contribution in [0.2, 0.25) is 0 Å². The molecule has 0 aliphatic heterocycles. The molecule has 1 rings (SSSR count). The first-order chi connectivity index (χ1) is 6.57. The van der Waals surface area contributed by atoms with Gasteiger partial charge in [-0.05, 0) is 6.07 Å². The number of carbonyl (C=O) groups is 1. The van der Waals surface area contributed by atoms with Gasteiger partial charge in [-0.2, -0.15) is 0 Å². The molecule has 7 heteroatoms. The van der Waals surface area contributed by atoms with Crippen molar-refractivity contribution in [2.24, 2.45) is 11.6 Å². The number of carbonyl (C=O) groups excluding carboxylic acids is 1. The molecule has 0 saturated carbocycles. The molecular formula is C7H8N4O3. The topological polar surface area (TPSA) is 124 Å². The molecule has 74 valence electrons. The minimum absolute atomic E-state index is 0.0123. The van der Waals surface area contributed by atoms with Crippen molar-refractivity contribution >= 4 is 17.3 Å². The maximum absolute atomic E-state index is 10.9. The quantitative estimate of drug-likeness (QED) is 0.356. The van der Waals surface area contributed by atoms with Crippen LogP contribution in [0.15, 0.2) is 18.2 Å². The zero-order valence-corrected chi connectivity index (χ0v) is 7.06. The molecule has 0 aliphatic rings. The summed E-state index contributed by atoms with van der Waals surface area (Å²) in [6, 6.07) is 3.94. The number of nitro groups is 1. The van der Waals surface area contributed by atoms with Crippen molar-refractivity contribution < 1.29 is 9.72 Å². The number of hydrogen-bond acceptors (Lipinski definition) is 5. The van der Waals surface area contributed by atoms with Crippen molar-refractivity contribution in [2.45, 2.75) is 0 Å². The van der Waals surface area contributed by atoms with E-state index in [2.05, 4.69) is 5.43 Å². The summed E-state index contributed by atoms with van der Waals surface area (Å²) in [6.45, 7) is 0. The summed E-state index contributed by atoms with van der Waals surface area (Å²) < 4.78 is 0. The van der Waals surface area contributed by atoms with Crippen molar-refractivity contribution in [3.63, 3.8) is 0 Å². The van der Waals surface area contributed by atoms with Crippen LogP contribution in [0.4, 0.5) is 11.4 Å². The van der Waals surface area contributed by atoms with E-state index in [0.717, 1.165) is 0 Å². The highest BCUT2D eigenvalue weighted by Crippen LogP contribution is 2.26. The van der Waals surface area contributed by atoms with Gasteiger partial charge in [0.1, 0.15) is 5.69 Å². The highest BCUT2D eigenvalue weighted by Gasteiger charge is 2.18. The molecule has 14 heavy (non-hydrogen) atoms. The number of nitrogen functional groups attached to an aromatic ring is 1. The van der Waals surface area contributed by atoms with E-state index < -0.39 is 10.8 Å². The molecule has 0 spiro atoms. The van der Waals surface area contributed by atoms with E-state index in [0.29, 0.717) is 0 Å². The van der Waals surface area contributed by atoms with Crippen LogP contribution in [-0.4, -0.2) is 10.8 Å². The van der Waals surface area contributed by atoms with E-state index >= 15 is 0 Å². The Labute approximate surface area is 78.8 Å². The van der Waals surface area contributed by atoms with E-state index in [9.17, 15) is 14.9 Å². The van der Waals surface area contributed by atoms with Gasteiger partial charge in [0, 0.05) is 6.07 Å². The molecule has 1 aromatic carbocycles. The van der Waals surface area contributed by atoms with Crippen LogP contribution >= 0.6 is 0 Å². The molecule has 1 aromatic rings. The van der Waals surface area contributed by atoms with E-state index in [4.69, 9.17) is 11.6 Å². The summed E-state index contributed by atoms with van der Waals surface area (Å²) in [7, 11) is 0. The average molecular weight is 196 g/mol. The fourth-order valence-electron chi connectivity index (χ4n) is 1.05. The van der Waals surface area contributed by atoms with Gasteiger partial charge in [-0.3, -0.25) is 20.8 Å². The van der Waals surface area contributed by atoms with Crippen molar-refractivity contribution in [3.8, 4) is 0 Å². The van der Waals surface area contributed by atoms with Crippen LogP contribution in [0, 0.1) is 10.1 Å². The second-order valence-electron chi connectivity index (χ2n) is 2.47. The number of anilines is 1. The van der Waals surface area contributed by atoms with Gasteiger partial charge >= 0.3 is 0 Å². The lowest BCUT2D eigenvalue weighted by Gasteiger charge is -2.05. The predicted molar refractivity (Wildman–Crippen MR) is 49.4 cm³/mol. The van der Waals surface area contributed by atoms with Crippen LogP contribution in [0.25, 0.3) is 0 Å². The molecule has 0 radical (unpaired) electrons. The minimum Gasteiger partial charge on any atom is -0.366 e. The summed E-state index contributed by atoms with van der Waals surface area (Å²) in [4.78, 5) is 20.7. The van der Waals surface area contributed by atoms with Gasteiger partial charge < -0.3 is 11.2 Å². The van der Waals surface area contributed by atoms with Crippen LogP contribution in [0.5, 0.6) is 0 Å². The van der Waals surface area contributed by atoms with Gasteiger partial charge in [-0.15, -0.1) is 0 Å². The van der Waals surface area contributed by atoms with Gasteiger partial charge in [-0.1, -0.05) is 6.07 Å². The molecule has 0 unspecified atom stereocenters. The molecule has 0 aliphatic carbocycles. The summed E-state index contributed by atoms with van der Waals surface area (Å²) in [5.74, 6) is 4.29. The van der Waals surface area contributed by atoms with Gasteiger partial charge in [0.15, 0.2) is 0 Å². The van der Waals surface area contributed by atoms with Gasteiger partial charge in [0.05, 0.1) is 10.5 Å². The smallest absolute Gasteiger partial charge is 0.294 e. The third-order valence-electron chi connectivity index (χ3n) is 1.65. The van der Waals surface area contributed by atoms with Gasteiger partial charge in [0.25, 0.3) is 11.6 Å². The first-order valence-corrected chi connectivity index (χ1v) is 3.61. The lowest BCUT2D eigenvalue weighted by Crippen LogP contribution is -2.18. The molecule has 0 fully saturated rings. The molecule has 0 aromatic heterocycles. The number of primary amides is 1. The monoisotopic (exact) mass is 196 g/mol. The van der Waals surface area contributed by atoms with Crippen LogP contribution in [0.1, 0.15) is 10.4 Å². The second kappa shape index (κ2) is 3.71. The number of nitrogens with two attached hydrogens (primary N) is 2. The number of nitro benzene ring substituents is 1. The number of amides is 1. The van der Waals surface area contributed by atoms with E-state index in [-0.39, 0.29) is 16.9 Å². The number of rotatable bonds is 3. The van der Waals surface area contributed by atoms with Crippen molar-refractivity contribution in [2.75, 3.05) is 5.43 Å². The van der Waals surface area contributed by atoms with Gasteiger partial charge in [-0.25, -0.2) is 0 Å². The lowest BCUT2D eigenvalue weighted by atomic mass is 10.1. The van der Waals surface area contributed by atoms with E-state index in [1.807, 2.05) is 0 Å². The molecule has 1 amide bonds. The number of nitrogens with one attached hydrogen (secondary N) is 1. The molecule has 0 heterocycles. The van der Waals surface area contributed by atoms with Crippen molar-refractivity contribution in [1.82, 2.24) is 0 Å². The number of benzene rings is 1. The summed E-state index contributed by atoms with van der Waals surface area (Å²) in [5, 5.41) is 10.5. The Kier molecular flexibility index (Phi) is 2.63. The van der Waals surface area contributed by atoms with Crippen LogP contribution < -0.4 is 17.0 Å². The maximum atomic E-state index is 10.9. The molecule has 7 nitrogen and oxygen atoms in total. The van der Waals surface area contributed by atoms with Crippen molar-refractivity contribution in [1.29, 1.82) is 0 Å². The van der Waals surface area contributed by atoms with Crippen LogP contribution in [0.3, 0.4) is 0 Å². The standard InChI is InChI=1S/C7H8N4O3/c8-7(12)4-2-1-3-5(11(13)14)6(4)10-9/h1-3,10H,9H2,(H2,8,12). The summed E-state index contributed by atoms with van der Waals surface area (Å²) in [5.41, 5.74) is 6.71. The molecule has 0 bridgehead atoms. The average Bonchev–Trinajstić information content (AvgIpc) is 2.16. The highest BCUT2D eigenvalue weighted by atomic mass is 16.6. The molecule has 0 saturated heterocycles. The zero-order chi connectivity index (χ0) is 10.7. The molecular weight excluding hydrogens is 188 g/mol. The first-order valence-electron chi connectivity index (χ1n) is 3.61. The zero-order valence-electron chi connectivity index (χ0n) is 7.06. The van der Waals surface area contributed by atoms with E-state index in [1.165, 1.54) is 18.2 Å². The fourth-order valence-corrected chi connectivity index (χ4v) is 1.05. The van der Waals surface area contributed by atoms with Crippen LogP contribution in [-0.2, 0) is 0 Å². The second-order valence-corrected chi connectivity index (χ2v) is 2.47. The Hall–Kier alpha value is -2.15. The SMILES string of the molecule is NNc1c(C(N)=O)cccc1[N+](=O)[O-]. The molecule has 5 N–H and O–H groups in total. The largest absolute Gasteiger partial charge is 0.366 e. The number of nitrogens with zero attached hydrogens (tertiary/aromatic N) is 1.